The van der Waals surface area contributed by atoms with Crippen LogP contribution in [-0.2, 0) is 33.8 Å². The Labute approximate surface area is 151 Å². The summed E-state index contributed by atoms with van der Waals surface area (Å²) >= 11 is 0. The van der Waals surface area contributed by atoms with Crippen molar-refractivity contribution in [2.45, 2.75) is 24.5 Å². The van der Waals surface area contributed by atoms with E-state index in [4.69, 9.17) is 25.9 Å². The van der Waals surface area contributed by atoms with E-state index in [9.17, 15) is 26.3 Å². The molecule has 1 rings (SSSR count). The number of hydrogen-bond acceptors (Lipinski definition) is 6. The molecule has 1 aromatic heterocycles. The quantitative estimate of drug-likeness (QED) is 0.163. The fourth-order valence-electron chi connectivity index (χ4n) is 0.689. The van der Waals surface area contributed by atoms with Gasteiger partial charge in [-0.15, -0.1) is 0 Å². The molecule has 1 aromatic rings. The van der Waals surface area contributed by atoms with E-state index in [0.29, 0.717) is 0 Å². The largest absolute Gasteiger partial charge is 1.00 e. The first kappa shape index (κ1) is 29.0. The van der Waals surface area contributed by atoms with Crippen LogP contribution >= 0.6 is 0 Å². The van der Waals surface area contributed by atoms with Crippen LogP contribution in [0, 0.1) is 0 Å². The van der Waals surface area contributed by atoms with Crippen molar-refractivity contribution in [3.63, 3.8) is 0 Å². The molecule has 0 saturated carbocycles. The first-order valence-electron chi connectivity index (χ1n) is 5.38. The van der Waals surface area contributed by atoms with Gasteiger partial charge in [0.15, 0.2) is 20.2 Å². The van der Waals surface area contributed by atoms with Gasteiger partial charge in [0.1, 0.15) is 12.4 Å². The summed E-state index contributed by atoms with van der Waals surface area (Å²) in [7, 11) is -10.2. The van der Waals surface area contributed by atoms with Gasteiger partial charge in [-0.05, 0) is 6.92 Å². The van der Waals surface area contributed by atoms with Crippen LogP contribution in [0.5, 0.6) is 0 Å². The molecule has 0 atom stereocenters. The molecule has 17 heteroatoms. The van der Waals surface area contributed by atoms with Gasteiger partial charge >= 0.3 is 29.9 Å². The minimum absolute atomic E-state index is 0. The number of alkyl halides is 6. The molecule has 0 radical (unpaired) electrons. The normalized spacial score (nSPS) is 12.1. The van der Waals surface area contributed by atoms with E-state index in [2.05, 4.69) is 24.0 Å². The van der Waals surface area contributed by atoms with Crippen molar-refractivity contribution < 1.29 is 75.7 Å². The molecule has 0 aliphatic rings. The van der Waals surface area contributed by atoms with Crippen LogP contribution in [0.3, 0.4) is 0 Å². The third kappa shape index (κ3) is 13.1. The second kappa shape index (κ2) is 10.4. The van der Waals surface area contributed by atoms with Gasteiger partial charge in [-0.3, -0.25) is 0 Å². The van der Waals surface area contributed by atoms with Gasteiger partial charge in [0.2, 0.25) is 6.33 Å². The molecular formula is C8H11F6LiN2O6S2. The van der Waals surface area contributed by atoms with Crippen molar-refractivity contribution >= 4 is 20.2 Å². The maximum Gasteiger partial charge on any atom is 1.00 e. The minimum Gasteiger partial charge on any atom is -0.741 e. The Hall–Kier alpha value is -0.793. The van der Waals surface area contributed by atoms with Crippen molar-refractivity contribution in [3.8, 4) is 0 Å². The first-order chi connectivity index (χ1) is 10.3. The standard InChI is InChI=1S/C6H11N2.2CHF3O3S.Li/c1-3-8-5-4-7(2)6-8;2*2-1(3,4)8(5,6)7;/h4-6H,3H2,1-2H3;2*(H,5,6,7);/q+1;;;+1/p-2. The third-order valence-electron chi connectivity index (χ3n) is 1.76. The number of rotatable bonds is 1. The van der Waals surface area contributed by atoms with Gasteiger partial charge in [0.05, 0.1) is 13.6 Å². The van der Waals surface area contributed by atoms with Crippen molar-refractivity contribution in [3.05, 3.63) is 18.7 Å². The van der Waals surface area contributed by atoms with Gasteiger partial charge in [-0.2, -0.15) is 26.3 Å². The molecule has 0 unspecified atom stereocenters. The van der Waals surface area contributed by atoms with Crippen LogP contribution in [0.1, 0.15) is 6.92 Å². The van der Waals surface area contributed by atoms with Crippen LogP contribution in [0.15, 0.2) is 18.7 Å². The van der Waals surface area contributed by atoms with Crippen LogP contribution in [0.4, 0.5) is 26.3 Å². The smallest absolute Gasteiger partial charge is 0.741 e. The predicted molar refractivity (Wildman–Crippen MR) is 62.8 cm³/mol. The molecule has 0 aromatic carbocycles. The molecule has 0 spiro atoms. The maximum absolute atomic E-state index is 10.7. The SMILES string of the molecule is CCn1cc[n+](C)c1.O=S(=O)([O-])C(F)(F)F.O=S(=O)([O-])C(F)(F)F.[Li+]. The van der Waals surface area contributed by atoms with E-state index in [1.54, 1.807) is 0 Å². The molecule has 0 bridgehead atoms. The zero-order chi connectivity index (χ0) is 20.0. The minimum atomic E-state index is -6.09. The number of nitrogens with zero attached hydrogens (tertiary/aromatic N) is 2. The molecule has 0 aliphatic carbocycles. The fourth-order valence-corrected chi connectivity index (χ4v) is 0.689. The number of imidazole rings is 1. The molecule has 8 nitrogen and oxygen atoms in total. The first-order valence-corrected chi connectivity index (χ1v) is 8.20. The summed E-state index contributed by atoms with van der Waals surface area (Å²) in [5, 5.41) is 0. The van der Waals surface area contributed by atoms with E-state index in [0.717, 1.165) is 6.54 Å². The van der Waals surface area contributed by atoms with Gasteiger partial charge in [-0.25, -0.2) is 26.0 Å². The monoisotopic (exact) mass is 416 g/mol. The molecule has 1 heterocycles. The van der Waals surface area contributed by atoms with Crippen molar-refractivity contribution in [2.24, 2.45) is 7.05 Å². The molecule has 0 aliphatic heterocycles. The number of halogens is 6. The molecule has 0 saturated heterocycles. The molecular weight excluding hydrogens is 405 g/mol. The topological polar surface area (TPSA) is 123 Å². The van der Waals surface area contributed by atoms with Crippen LogP contribution in [0.2, 0.25) is 0 Å². The Balaban J connectivity index is -0.000000285. The Kier molecular flexibility index (Phi) is 12.0. The summed E-state index contributed by atoms with van der Waals surface area (Å²) in [6, 6.07) is 0. The summed E-state index contributed by atoms with van der Waals surface area (Å²) < 4.78 is 122. The van der Waals surface area contributed by atoms with E-state index < -0.39 is 31.3 Å². The van der Waals surface area contributed by atoms with Crippen molar-refractivity contribution in [1.82, 2.24) is 4.57 Å². The molecule has 0 fully saturated rings. The Morgan fingerprint density at radius 1 is 0.960 bits per heavy atom. The average molecular weight is 416 g/mol. The van der Waals surface area contributed by atoms with Crippen LogP contribution < -0.4 is 23.4 Å². The van der Waals surface area contributed by atoms with Crippen molar-refractivity contribution in [2.75, 3.05) is 0 Å². The van der Waals surface area contributed by atoms with Gasteiger partial charge in [-0.1, -0.05) is 0 Å². The average Bonchev–Trinajstić information content (AvgIpc) is 2.71. The maximum atomic E-state index is 10.7. The zero-order valence-corrected chi connectivity index (χ0v) is 14.5. The van der Waals surface area contributed by atoms with Crippen LogP contribution in [-0.4, -0.2) is 41.5 Å². The van der Waals surface area contributed by atoms with E-state index >= 15 is 0 Å². The van der Waals surface area contributed by atoms with Gasteiger partial charge in [0.25, 0.3) is 0 Å². The summed E-state index contributed by atoms with van der Waals surface area (Å²) in [5.74, 6) is 0. The van der Waals surface area contributed by atoms with E-state index in [1.165, 1.54) is 0 Å². The third-order valence-corrected chi connectivity index (χ3v) is 2.89. The second-order valence-electron chi connectivity index (χ2n) is 3.71. The molecule has 144 valence electrons. The van der Waals surface area contributed by atoms with Crippen LogP contribution in [0.25, 0.3) is 0 Å². The van der Waals surface area contributed by atoms with Gasteiger partial charge < -0.3 is 9.11 Å². The summed E-state index contributed by atoms with van der Waals surface area (Å²) in [5.41, 5.74) is -11.3. The Morgan fingerprint density at radius 3 is 1.32 bits per heavy atom. The number of aromatic nitrogens is 2. The second-order valence-corrected chi connectivity index (χ2v) is 6.45. The Bertz CT molecular complexity index is 670. The summed E-state index contributed by atoms with van der Waals surface area (Å²) in [4.78, 5) is 0. The number of hydrogen-bond donors (Lipinski definition) is 0. The van der Waals surface area contributed by atoms with Gasteiger partial charge in [0, 0.05) is 0 Å². The van der Waals surface area contributed by atoms with Crippen molar-refractivity contribution in [1.29, 1.82) is 0 Å². The van der Waals surface area contributed by atoms with E-state index in [1.807, 2.05) is 17.8 Å². The number of aryl methyl sites for hydroxylation is 2. The summed E-state index contributed by atoms with van der Waals surface area (Å²) in [6.45, 7) is 3.18. The molecule has 0 amide bonds. The Morgan fingerprint density at radius 2 is 1.24 bits per heavy atom. The molecule has 25 heavy (non-hydrogen) atoms. The molecule has 0 N–H and O–H groups in total. The zero-order valence-electron chi connectivity index (χ0n) is 12.9. The van der Waals surface area contributed by atoms with E-state index in [-0.39, 0.29) is 18.9 Å². The fraction of sp³-hybridized carbons (Fsp3) is 0.625. The predicted octanol–water partition coefficient (Wildman–Crippen LogP) is -2.56. The summed E-state index contributed by atoms with van der Waals surface area (Å²) in [6.07, 6.45) is 6.14.